The van der Waals surface area contributed by atoms with Crippen molar-refractivity contribution in [3.8, 4) is 0 Å². The number of aliphatic hydroxyl groups is 1. The average Bonchev–Trinajstić information content (AvgIpc) is 2.50. The molecule has 21 heavy (non-hydrogen) atoms. The molecule has 1 atom stereocenters. The number of rotatable bonds is 1. The predicted octanol–water partition coefficient (Wildman–Crippen LogP) is 3.05. The minimum atomic E-state index is -1.15. The lowest BCUT2D eigenvalue weighted by Gasteiger charge is -2.32. The predicted molar refractivity (Wildman–Crippen MR) is 74.1 cm³/mol. The van der Waals surface area contributed by atoms with E-state index in [-0.39, 0.29) is 12.1 Å². The van der Waals surface area contributed by atoms with Gasteiger partial charge in [-0.1, -0.05) is 24.3 Å². The summed E-state index contributed by atoms with van der Waals surface area (Å²) in [5, 5.41) is 9.96. The molecule has 3 nitrogen and oxygen atoms in total. The number of halogens is 2. The summed E-state index contributed by atoms with van der Waals surface area (Å²) < 4.78 is 27.1. The first-order chi connectivity index (χ1) is 10.1. The molecule has 1 heterocycles. The highest BCUT2D eigenvalue weighted by atomic mass is 19.2. The van der Waals surface area contributed by atoms with Gasteiger partial charge in [-0.05, 0) is 24.6 Å². The summed E-state index contributed by atoms with van der Waals surface area (Å²) in [6.07, 6.45) is -0.290. The maximum absolute atomic E-state index is 13.8. The van der Waals surface area contributed by atoms with Crippen LogP contribution in [0.25, 0.3) is 0 Å². The normalized spacial score (nSPS) is 17.5. The Balaban J connectivity index is 2.03. The lowest BCUT2D eigenvalue weighted by atomic mass is 9.98. The van der Waals surface area contributed by atoms with E-state index in [4.69, 9.17) is 0 Å². The first-order valence-corrected chi connectivity index (χ1v) is 6.62. The van der Waals surface area contributed by atoms with Crippen LogP contribution in [0.3, 0.4) is 0 Å². The molecule has 1 aliphatic rings. The Bertz CT molecular complexity index is 702. The number of amides is 1. The van der Waals surface area contributed by atoms with Gasteiger partial charge in [-0.25, -0.2) is 8.78 Å². The van der Waals surface area contributed by atoms with E-state index < -0.39 is 23.6 Å². The minimum Gasteiger partial charge on any atom is -0.388 e. The molecule has 1 aliphatic heterocycles. The van der Waals surface area contributed by atoms with Crippen molar-refractivity contribution >= 4 is 11.6 Å². The molecule has 1 N–H and O–H groups in total. The monoisotopic (exact) mass is 289 g/mol. The molecule has 2 aromatic carbocycles. The number of carbonyl (C=O) groups is 1. The van der Waals surface area contributed by atoms with Crippen LogP contribution in [0.5, 0.6) is 0 Å². The van der Waals surface area contributed by atoms with Crippen LogP contribution in [-0.4, -0.2) is 17.6 Å². The highest BCUT2D eigenvalue weighted by Gasteiger charge is 2.29. The Morgan fingerprint density at radius 2 is 1.90 bits per heavy atom. The topological polar surface area (TPSA) is 40.5 Å². The third-order valence-corrected chi connectivity index (χ3v) is 3.64. The summed E-state index contributed by atoms with van der Waals surface area (Å²) in [5.41, 5.74) is 0.847. The molecule has 0 radical (unpaired) electrons. The lowest BCUT2D eigenvalue weighted by molar-refractivity contribution is 0.0965. The molecular weight excluding hydrogens is 276 g/mol. The molecule has 1 amide bonds. The van der Waals surface area contributed by atoms with Crippen LogP contribution < -0.4 is 4.90 Å². The summed E-state index contributed by atoms with van der Waals surface area (Å²) in [4.78, 5) is 13.9. The second kappa shape index (κ2) is 5.26. The van der Waals surface area contributed by atoms with E-state index in [2.05, 4.69) is 0 Å². The fraction of sp³-hybridized carbons (Fsp3) is 0.188. The summed E-state index contributed by atoms with van der Waals surface area (Å²) >= 11 is 0. The summed E-state index contributed by atoms with van der Waals surface area (Å²) in [6, 6.07) is 10.4. The SMILES string of the molecule is O=C(c1cccc(F)c1F)N1CCC(O)c2ccccc21. The van der Waals surface area contributed by atoms with Gasteiger partial charge in [-0.15, -0.1) is 0 Å². The van der Waals surface area contributed by atoms with Crippen molar-refractivity contribution in [2.45, 2.75) is 12.5 Å². The Hall–Kier alpha value is -2.27. The van der Waals surface area contributed by atoms with E-state index in [1.165, 1.54) is 17.0 Å². The summed E-state index contributed by atoms with van der Waals surface area (Å²) in [5.74, 6) is -2.80. The fourth-order valence-corrected chi connectivity index (χ4v) is 2.57. The number of aliphatic hydroxyl groups excluding tert-OH is 1. The highest BCUT2D eigenvalue weighted by molar-refractivity contribution is 6.07. The third kappa shape index (κ3) is 2.29. The van der Waals surface area contributed by atoms with Gasteiger partial charge in [-0.3, -0.25) is 4.79 Å². The molecule has 1 unspecified atom stereocenters. The van der Waals surface area contributed by atoms with Gasteiger partial charge in [-0.2, -0.15) is 0 Å². The summed E-state index contributed by atoms with van der Waals surface area (Å²) in [6.45, 7) is 0.257. The number of anilines is 1. The van der Waals surface area contributed by atoms with Gasteiger partial charge in [0, 0.05) is 17.8 Å². The molecule has 3 rings (SSSR count). The van der Waals surface area contributed by atoms with Crippen LogP contribution in [0.2, 0.25) is 0 Å². The molecular formula is C16H13F2NO2. The van der Waals surface area contributed by atoms with Gasteiger partial charge in [0.05, 0.1) is 11.7 Å². The molecule has 0 aromatic heterocycles. The van der Waals surface area contributed by atoms with Gasteiger partial charge >= 0.3 is 0 Å². The first kappa shape index (κ1) is 13.7. The van der Waals surface area contributed by atoms with E-state index in [1.54, 1.807) is 24.3 Å². The zero-order chi connectivity index (χ0) is 15.0. The Labute approximate surface area is 120 Å². The molecule has 0 saturated heterocycles. The van der Waals surface area contributed by atoms with Crippen LogP contribution in [0.1, 0.15) is 28.4 Å². The van der Waals surface area contributed by atoms with E-state index in [9.17, 15) is 18.7 Å². The maximum Gasteiger partial charge on any atom is 0.261 e. The van der Waals surface area contributed by atoms with Crippen LogP contribution >= 0.6 is 0 Å². The van der Waals surface area contributed by atoms with Crippen LogP contribution in [0.4, 0.5) is 14.5 Å². The van der Waals surface area contributed by atoms with Crippen LogP contribution in [0.15, 0.2) is 42.5 Å². The Morgan fingerprint density at radius 3 is 2.71 bits per heavy atom. The number of para-hydroxylation sites is 1. The zero-order valence-corrected chi connectivity index (χ0v) is 11.1. The van der Waals surface area contributed by atoms with Gasteiger partial charge in [0.25, 0.3) is 5.91 Å². The van der Waals surface area contributed by atoms with Crippen LogP contribution in [0, 0.1) is 11.6 Å². The van der Waals surface area contributed by atoms with E-state index >= 15 is 0 Å². The highest BCUT2D eigenvalue weighted by Crippen LogP contribution is 2.34. The fourth-order valence-electron chi connectivity index (χ4n) is 2.57. The number of fused-ring (bicyclic) bond motifs is 1. The Morgan fingerprint density at radius 1 is 1.14 bits per heavy atom. The number of hydrogen-bond donors (Lipinski definition) is 1. The minimum absolute atomic E-state index is 0.257. The second-order valence-corrected chi connectivity index (χ2v) is 4.92. The lowest BCUT2D eigenvalue weighted by Crippen LogP contribution is -2.37. The molecule has 0 fully saturated rings. The largest absolute Gasteiger partial charge is 0.388 e. The van der Waals surface area contributed by atoms with Crippen molar-refractivity contribution in [2.24, 2.45) is 0 Å². The van der Waals surface area contributed by atoms with Crippen LogP contribution in [-0.2, 0) is 0 Å². The number of benzene rings is 2. The van der Waals surface area contributed by atoms with Gasteiger partial charge in [0.2, 0.25) is 0 Å². The van der Waals surface area contributed by atoms with Crippen molar-refractivity contribution in [3.63, 3.8) is 0 Å². The van der Waals surface area contributed by atoms with Crippen molar-refractivity contribution in [1.82, 2.24) is 0 Å². The molecule has 0 aliphatic carbocycles. The Kier molecular flexibility index (Phi) is 3.43. The molecule has 0 bridgehead atoms. The number of hydrogen-bond acceptors (Lipinski definition) is 2. The smallest absolute Gasteiger partial charge is 0.261 e. The van der Waals surface area contributed by atoms with Gasteiger partial charge in [0.1, 0.15) is 0 Å². The quantitative estimate of drug-likeness (QED) is 0.876. The van der Waals surface area contributed by atoms with Gasteiger partial charge in [0.15, 0.2) is 11.6 Å². The molecule has 108 valence electrons. The molecule has 5 heteroatoms. The van der Waals surface area contributed by atoms with E-state index in [0.29, 0.717) is 17.7 Å². The van der Waals surface area contributed by atoms with Crippen molar-refractivity contribution in [2.75, 3.05) is 11.4 Å². The molecule has 2 aromatic rings. The maximum atomic E-state index is 13.8. The second-order valence-electron chi connectivity index (χ2n) is 4.92. The van der Waals surface area contributed by atoms with E-state index in [0.717, 1.165) is 6.07 Å². The molecule has 0 saturated carbocycles. The van der Waals surface area contributed by atoms with Gasteiger partial charge < -0.3 is 10.0 Å². The van der Waals surface area contributed by atoms with Crippen molar-refractivity contribution in [3.05, 3.63) is 65.2 Å². The molecule has 0 spiro atoms. The zero-order valence-electron chi connectivity index (χ0n) is 11.1. The number of carbonyl (C=O) groups excluding carboxylic acids is 1. The van der Waals surface area contributed by atoms with Crippen molar-refractivity contribution < 1.29 is 18.7 Å². The first-order valence-electron chi connectivity index (χ1n) is 6.62. The van der Waals surface area contributed by atoms with Crippen molar-refractivity contribution in [1.29, 1.82) is 0 Å². The number of nitrogens with zero attached hydrogens (tertiary/aromatic N) is 1. The standard InChI is InChI=1S/C16H13F2NO2/c17-12-6-3-5-11(15(12)18)16(21)19-9-8-14(20)10-4-1-2-7-13(10)19/h1-7,14,20H,8-9H2. The van der Waals surface area contributed by atoms with E-state index in [1.807, 2.05) is 0 Å². The summed E-state index contributed by atoms with van der Waals surface area (Å²) in [7, 11) is 0. The average molecular weight is 289 g/mol. The third-order valence-electron chi connectivity index (χ3n) is 3.64.